The quantitative estimate of drug-likeness (QED) is 0.899. The largest absolute Gasteiger partial charge is 0.351 e. The average Bonchev–Trinajstić information content (AvgIpc) is 3.11. The topological polar surface area (TPSA) is 65.2 Å². The molecule has 1 aliphatic heterocycles. The highest BCUT2D eigenvalue weighted by molar-refractivity contribution is 5.98. The highest BCUT2D eigenvalue weighted by Gasteiger charge is 2.39. The number of aromatic nitrogens is 1. The van der Waals surface area contributed by atoms with E-state index in [1.165, 1.54) is 0 Å². The highest BCUT2D eigenvalue weighted by atomic mass is 16.2. The summed E-state index contributed by atoms with van der Waals surface area (Å²) < 4.78 is 0. The summed E-state index contributed by atoms with van der Waals surface area (Å²) in [5.74, 6) is 0.0288. The van der Waals surface area contributed by atoms with E-state index in [1.807, 2.05) is 35.2 Å². The number of nitrogens with one attached hydrogen (secondary N) is 2. The Bertz CT molecular complexity index is 684. The average molecular weight is 283 g/mol. The van der Waals surface area contributed by atoms with Gasteiger partial charge in [-0.15, -0.1) is 0 Å². The molecule has 2 fully saturated rings. The van der Waals surface area contributed by atoms with Gasteiger partial charge < -0.3 is 15.2 Å². The van der Waals surface area contributed by atoms with Crippen molar-refractivity contribution in [3.05, 3.63) is 36.0 Å². The molecule has 1 aliphatic carbocycles. The monoisotopic (exact) mass is 283 g/mol. The number of H-pyrrole nitrogens is 1. The van der Waals surface area contributed by atoms with Gasteiger partial charge in [-0.25, -0.2) is 0 Å². The summed E-state index contributed by atoms with van der Waals surface area (Å²) in [6, 6.07) is 9.99. The molecule has 2 aromatic rings. The van der Waals surface area contributed by atoms with Crippen molar-refractivity contribution < 1.29 is 9.59 Å². The van der Waals surface area contributed by atoms with E-state index in [4.69, 9.17) is 0 Å². The minimum Gasteiger partial charge on any atom is -0.351 e. The molecule has 5 heteroatoms. The maximum Gasteiger partial charge on any atom is 0.268 e. The van der Waals surface area contributed by atoms with E-state index in [2.05, 4.69) is 10.3 Å². The summed E-state index contributed by atoms with van der Waals surface area (Å²) in [6.07, 6.45) is 2.63. The lowest BCUT2D eigenvalue weighted by molar-refractivity contribution is -0.128. The summed E-state index contributed by atoms with van der Waals surface area (Å²) in [5, 5.41) is 3.98. The molecule has 1 saturated heterocycles. The van der Waals surface area contributed by atoms with E-state index in [9.17, 15) is 9.59 Å². The zero-order valence-electron chi connectivity index (χ0n) is 11.6. The summed E-state index contributed by atoms with van der Waals surface area (Å²) in [7, 11) is 0. The Labute approximate surface area is 122 Å². The van der Waals surface area contributed by atoms with Crippen molar-refractivity contribution in [1.29, 1.82) is 0 Å². The number of para-hydroxylation sites is 1. The number of hydrogen-bond acceptors (Lipinski definition) is 2. The lowest BCUT2D eigenvalue weighted by Gasteiger charge is -2.15. The first kappa shape index (κ1) is 12.4. The van der Waals surface area contributed by atoms with Gasteiger partial charge in [0.05, 0.1) is 6.04 Å². The first-order valence-corrected chi connectivity index (χ1v) is 7.39. The summed E-state index contributed by atoms with van der Waals surface area (Å²) in [6.45, 7) is 0.648. The molecule has 2 amide bonds. The minimum atomic E-state index is -0.137. The standard InChI is InChI=1S/C16H17N3O2/c20-15-8-11(9-19(15)12-5-6-12)17-16(21)14-7-10-3-1-2-4-13(10)18-14/h1-4,7,11-12,18H,5-6,8-9H2,(H,17,21). The maximum absolute atomic E-state index is 12.3. The van der Waals surface area contributed by atoms with Crippen molar-refractivity contribution in [2.24, 2.45) is 0 Å². The number of likely N-dealkylation sites (tertiary alicyclic amines) is 1. The third-order valence-electron chi connectivity index (χ3n) is 4.26. The fraction of sp³-hybridized carbons (Fsp3) is 0.375. The number of aromatic amines is 1. The number of rotatable bonds is 3. The molecule has 1 aromatic heterocycles. The number of carbonyl (C=O) groups is 2. The molecule has 1 unspecified atom stereocenters. The van der Waals surface area contributed by atoms with E-state index in [1.54, 1.807) is 0 Å². The number of carbonyl (C=O) groups excluding carboxylic acids is 2. The van der Waals surface area contributed by atoms with Gasteiger partial charge in [0.2, 0.25) is 5.91 Å². The van der Waals surface area contributed by atoms with Gasteiger partial charge in [0.1, 0.15) is 5.69 Å². The number of amides is 2. The number of benzene rings is 1. The van der Waals surface area contributed by atoms with Crippen LogP contribution in [0.25, 0.3) is 10.9 Å². The summed E-state index contributed by atoms with van der Waals surface area (Å²) in [4.78, 5) is 29.2. The zero-order valence-corrected chi connectivity index (χ0v) is 11.6. The Morgan fingerprint density at radius 1 is 1.29 bits per heavy atom. The third kappa shape index (κ3) is 2.28. The van der Waals surface area contributed by atoms with Gasteiger partial charge in [-0.2, -0.15) is 0 Å². The summed E-state index contributed by atoms with van der Waals surface area (Å²) >= 11 is 0. The Hall–Kier alpha value is -2.30. The minimum absolute atomic E-state index is 0.0722. The van der Waals surface area contributed by atoms with Crippen LogP contribution in [-0.2, 0) is 4.79 Å². The van der Waals surface area contributed by atoms with Gasteiger partial charge in [-0.05, 0) is 25.0 Å². The molecule has 5 nitrogen and oxygen atoms in total. The lowest BCUT2D eigenvalue weighted by atomic mass is 10.2. The molecular weight excluding hydrogens is 266 g/mol. The van der Waals surface area contributed by atoms with Crippen molar-refractivity contribution in [3.63, 3.8) is 0 Å². The zero-order chi connectivity index (χ0) is 14.4. The smallest absolute Gasteiger partial charge is 0.268 e. The van der Waals surface area contributed by atoms with Gasteiger partial charge >= 0.3 is 0 Å². The molecular formula is C16H17N3O2. The number of nitrogens with zero attached hydrogens (tertiary/aromatic N) is 1. The van der Waals surface area contributed by atoms with Gasteiger partial charge in [0.25, 0.3) is 5.91 Å². The Morgan fingerprint density at radius 3 is 2.86 bits per heavy atom. The fourth-order valence-corrected chi connectivity index (χ4v) is 3.03. The van der Waals surface area contributed by atoms with Gasteiger partial charge in [0, 0.05) is 29.9 Å². The highest BCUT2D eigenvalue weighted by Crippen LogP contribution is 2.30. The van der Waals surface area contributed by atoms with Crippen molar-refractivity contribution in [3.8, 4) is 0 Å². The lowest BCUT2D eigenvalue weighted by Crippen LogP contribution is -2.37. The van der Waals surface area contributed by atoms with Crippen LogP contribution in [0.3, 0.4) is 0 Å². The van der Waals surface area contributed by atoms with Crippen molar-refractivity contribution in [2.75, 3.05) is 6.54 Å². The molecule has 4 rings (SSSR count). The molecule has 0 radical (unpaired) electrons. The predicted molar refractivity (Wildman–Crippen MR) is 78.9 cm³/mol. The Balaban J connectivity index is 1.47. The van der Waals surface area contributed by atoms with E-state index < -0.39 is 0 Å². The second-order valence-electron chi connectivity index (χ2n) is 5.92. The second kappa shape index (κ2) is 4.62. The van der Waals surface area contributed by atoms with Crippen LogP contribution in [0.4, 0.5) is 0 Å². The normalized spacial score (nSPS) is 22.0. The fourth-order valence-electron chi connectivity index (χ4n) is 3.03. The molecule has 1 saturated carbocycles. The van der Waals surface area contributed by atoms with Gasteiger partial charge in [-0.3, -0.25) is 9.59 Å². The molecule has 1 atom stereocenters. The van der Waals surface area contributed by atoms with Crippen molar-refractivity contribution in [1.82, 2.24) is 15.2 Å². The number of hydrogen-bond donors (Lipinski definition) is 2. The van der Waals surface area contributed by atoms with E-state index >= 15 is 0 Å². The van der Waals surface area contributed by atoms with E-state index in [0.717, 1.165) is 23.7 Å². The van der Waals surface area contributed by atoms with Gasteiger partial charge in [-0.1, -0.05) is 18.2 Å². The van der Waals surface area contributed by atoms with Crippen LogP contribution in [0.2, 0.25) is 0 Å². The van der Waals surface area contributed by atoms with Crippen molar-refractivity contribution >= 4 is 22.7 Å². The van der Waals surface area contributed by atoms with Crippen LogP contribution in [0, 0.1) is 0 Å². The van der Waals surface area contributed by atoms with Crippen LogP contribution in [-0.4, -0.2) is 40.3 Å². The Kier molecular flexibility index (Phi) is 2.74. The van der Waals surface area contributed by atoms with E-state index in [-0.39, 0.29) is 17.9 Å². The molecule has 108 valence electrons. The third-order valence-corrected chi connectivity index (χ3v) is 4.26. The second-order valence-corrected chi connectivity index (χ2v) is 5.92. The SMILES string of the molecule is O=C(NC1CC(=O)N(C2CC2)C1)c1cc2ccccc2[nH]1. The van der Waals surface area contributed by atoms with Gasteiger partial charge in [0.15, 0.2) is 0 Å². The Morgan fingerprint density at radius 2 is 2.10 bits per heavy atom. The van der Waals surface area contributed by atoms with E-state index in [0.29, 0.717) is 24.7 Å². The first-order valence-electron chi connectivity index (χ1n) is 7.39. The van der Waals surface area contributed by atoms with Crippen LogP contribution in [0.1, 0.15) is 29.8 Å². The summed E-state index contributed by atoms with van der Waals surface area (Å²) in [5.41, 5.74) is 1.50. The molecule has 21 heavy (non-hydrogen) atoms. The number of fused-ring (bicyclic) bond motifs is 1. The molecule has 0 bridgehead atoms. The van der Waals surface area contributed by atoms with Crippen LogP contribution >= 0.6 is 0 Å². The maximum atomic E-state index is 12.3. The molecule has 2 heterocycles. The van der Waals surface area contributed by atoms with Crippen LogP contribution < -0.4 is 5.32 Å². The molecule has 0 spiro atoms. The van der Waals surface area contributed by atoms with Crippen LogP contribution in [0.5, 0.6) is 0 Å². The molecule has 1 aromatic carbocycles. The van der Waals surface area contributed by atoms with Crippen molar-refractivity contribution in [2.45, 2.75) is 31.3 Å². The predicted octanol–water partition coefficient (Wildman–Crippen LogP) is 1.66. The van der Waals surface area contributed by atoms with Crippen LogP contribution in [0.15, 0.2) is 30.3 Å². The molecule has 2 N–H and O–H groups in total. The molecule has 2 aliphatic rings. The first-order chi connectivity index (χ1) is 10.2.